The summed E-state index contributed by atoms with van der Waals surface area (Å²) in [5.41, 5.74) is 6.98. The molecule has 0 saturated heterocycles. The zero-order chi connectivity index (χ0) is 14.0. The van der Waals surface area contributed by atoms with E-state index < -0.39 is 5.82 Å². The van der Waals surface area contributed by atoms with Gasteiger partial charge in [0, 0.05) is 16.9 Å². The lowest BCUT2D eigenvalue weighted by Gasteiger charge is -2.07. The number of carbonyl (C=O) groups excluding carboxylic acids is 1. The summed E-state index contributed by atoms with van der Waals surface area (Å²) < 4.78 is 13.7. The van der Waals surface area contributed by atoms with E-state index in [4.69, 9.17) is 5.73 Å². The molecule has 0 unspecified atom stereocenters. The lowest BCUT2D eigenvalue weighted by Crippen LogP contribution is -2.13. The van der Waals surface area contributed by atoms with E-state index in [2.05, 4.69) is 26.2 Å². The van der Waals surface area contributed by atoms with Gasteiger partial charge >= 0.3 is 0 Å². The molecule has 1 amide bonds. The van der Waals surface area contributed by atoms with Crippen LogP contribution in [-0.4, -0.2) is 10.9 Å². The Morgan fingerprint density at radius 3 is 2.74 bits per heavy atom. The van der Waals surface area contributed by atoms with Gasteiger partial charge in [-0.2, -0.15) is 0 Å². The number of hydrogen-bond acceptors (Lipinski definition) is 3. The van der Waals surface area contributed by atoms with Gasteiger partial charge in [-0.3, -0.25) is 4.79 Å². The van der Waals surface area contributed by atoms with Gasteiger partial charge in [0.25, 0.3) is 5.91 Å². The van der Waals surface area contributed by atoms with Crippen LogP contribution in [0.4, 0.5) is 15.9 Å². The van der Waals surface area contributed by atoms with Crippen molar-refractivity contribution in [3.8, 4) is 0 Å². The summed E-state index contributed by atoms with van der Waals surface area (Å²) in [5.74, 6) is -0.533. The maximum absolute atomic E-state index is 13.3. The molecule has 0 fully saturated rings. The number of benzene rings is 1. The highest BCUT2D eigenvalue weighted by Crippen LogP contribution is 2.20. The maximum Gasteiger partial charge on any atom is 0.255 e. The zero-order valence-electron chi connectivity index (χ0n) is 10.1. The van der Waals surface area contributed by atoms with Crippen LogP contribution in [0.5, 0.6) is 0 Å². The van der Waals surface area contributed by atoms with Gasteiger partial charge in [-0.25, -0.2) is 9.37 Å². The second-order valence-electron chi connectivity index (χ2n) is 4.01. The molecule has 0 bridgehead atoms. The summed E-state index contributed by atoms with van der Waals surface area (Å²) in [4.78, 5) is 16.0. The molecule has 3 N–H and O–H groups in total. The molecule has 2 aromatic rings. The molecule has 19 heavy (non-hydrogen) atoms. The summed E-state index contributed by atoms with van der Waals surface area (Å²) in [6.07, 6.45) is 0. The van der Waals surface area contributed by atoms with Crippen LogP contribution < -0.4 is 11.1 Å². The largest absolute Gasteiger partial charge is 0.384 e. The summed E-state index contributed by atoms with van der Waals surface area (Å²) in [6, 6.07) is 7.44. The van der Waals surface area contributed by atoms with Crippen LogP contribution >= 0.6 is 15.9 Å². The lowest BCUT2D eigenvalue weighted by molar-refractivity contribution is 0.102. The van der Waals surface area contributed by atoms with Crippen LogP contribution in [0.15, 0.2) is 34.8 Å². The summed E-state index contributed by atoms with van der Waals surface area (Å²) in [5, 5.41) is 2.60. The van der Waals surface area contributed by atoms with Crippen LogP contribution in [0.3, 0.4) is 0 Å². The molecular weight excluding hydrogens is 313 g/mol. The molecule has 1 heterocycles. The molecule has 0 atom stereocenters. The van der Waals surface area contributed by atoms with E-state index in [0.29, 0.717) is 21.4 Å². The molecule has 0 radical (unpaired) electrons. The van der Waals surface area contributed by atoms with Crippen LogP contribution in [0.2, 0.25) is 0 Å². The van der Waals surface area contributed by atoms with Gasteiger partial charge in [0.05, 0.1) is 4.47 Å². The van der Waals surface area contributed by atoms with Crippen LogP contribution in [-0.2, 0) is 0 Å². The number of pyridine rings is 1. The SMILES string of the molecule is Cc1cc(C(=O)Nc2ccc(Br)c(F)c2)cc(N)n1. The van der Waals surface area contributed by atoms with Gasteiger partial charge in [0.2, 0.25) is 0 Å². The van der Waals surface area contributed by atoms with Gasteiger partial charge in [0.15, 0.2) is 0 Å². The Balaban J connectivity index is 2.22. The molecular formula is C13H11BrFN3O. The number of nitrogens with two attached hydrogens (primary N) is 1. The first-order valence-electron chi connectivity index (χ1n) is 5.46. The molecule has 1 aromatic heterocycles. The third kappa shape index (κ3) is 3.29. The van der Waals surface area contributed by atoms with Crippen LogP contribution in [0.1, 0.15) is 16.1 Å². The monoisotopic (exact) mass is 323 g/mol. The van der Waals surface area contributed by atoms with E-state index in [1.807, 2.05) is 0 Å². The summed E-state index contributed by atoms with van der Waals surface area (Å²) in [6.45, 7) is 1.74. The number of rotatable bonds is 2. The highest BCUT2D eigenvalue weighted by atomic mass is 79.9. The Morgan fingerprint density at radius 2 is 2.11 bits per heavy atom. The standard InChI is InChI=1S/C13H11BrFN3O/c1-7-4-8(5-12(16)17-7)13(19)18-9-2-3-10(14)11(15)6-9/h2-6H,1H3,(H2,16,17)(H,18,19). The van der Waals surface area contributed by atoms with Gasteiger partial charge in [-0.15, -0.1) is 0 Å². The number of carbonyl (C=O) groups is 1. The van der Waals surface area contributed by atoms with Crippen molar-refractivity contribution in [3.05, 3.63) is 51.9 Å². The second-order valence-corrected chi connectivity index (χ2v) is 4.86. The first-order valence-corrected chi connectivity index (χ1v) is 6.25. The smallest absolute Gasteiger partial charge is 0.255 e. The molecule has 4 nitrogen and oxygen atoms in total. The minimum Gasteiger partial charge on any atom is -0.384 e. The number of amides is 1. The van der Waals surface area contributed by atoms with E-state index >= 15 is 0 Å². The highest BCUT2D eigenvalue weighted by molar-refractivity contribution is 9.10. The normalized spacial score (nSPS) is 10.3. The zero-order valence-corrected chi connectivity index (χ0v) is 11.7. The summed E-state index contributed by atoms with van der Waals surface area (Å²) in [7, 11) is 0. The Labute approximate surface area is 118 Å². The average molecular weight is 324 g/mol. The van der Waals surface area contributed by atoms with Gasteiger partial charge < -0.3 is 11.1 Å². The van der Waals surface area contributed by atoms with E-state index in [1.54, 1.807) is 19.1 Å². The average Bonchev–Trinajstić information content (AvgIpc) is 2.32. The van der Waals surface area contributed by atoms with Crippen molar-refractivity contribution >= 4 is 33.3 Å². The molecule has 0 aliphatic carbocycles. The first-order chi connectivity index (χ1) is 8.95. The molecule has 0 aliphatic heterocycles. The topological polar surface area (TPSA) is 68.0 Å². The Bertz CT molecular complexity index is 626. The third-order valence-corrected chi connectivity index (χ3v) is 3.06. The number of hydrogen-bond donors (Lipinski definition) is 2. The minimum absolute atomic E-state index is 0.270. The predicted molar refractivity (Wildman–Crippen MR) is 75.4 cm³/mol. The van der Waals surface area contributed by atoms with Crippen molar-refractivity contribution in [2.24, 2.45) is 0 Å². The molecule has 2 rings (SSSR count). The highest BCUT2D eigenvalue weighted by Gasteiger charge is 2.09. The number of halogens is 2. The molecule has 0 spiro atoms. The van der Waals surface area contributed by atoms with Crippen molar-refractivity contribution in [3.63, 3.8) is 0 Å². The molecule has 0 aliphatic rings. The maximum atomic E-state index is 13.3. The number of aromatic nitrogens is 1. The number of nitrogens with zero attached hydrogens (tertiary/aromatic N) is 1. The predicted octanol–water partition coefficient (Wildman–Crippen LogP) is 3.13. The Morgan fingerprint density at radius 1 is 1.37 bits per heavy atom. The fraction of sp³-hybridized carbons (Fsp3) is 0.0769. The quantitative estimate of drug-likeness (QED) is 0.892. The van der Waals surface area contributed by atoms with Crippen molar-refractivity contribution < 1.29 is 9.18 Å². The van der Waals surface area contributed by atoms with Crippen LogP contribution in [0.25, 0.3) is 0 Å². The van der Waals surface area contributed by atoms with Crippen LogP contribution in [0, 0.1) is 12.7 Å². The molecule has 98 valence electrons. The van der Waals surface area contributed by atoms with E-state index in [0.717, 1.165) is 0 Å². The number of nitrogen functional groups attached to an aromatic ring is 1. The second kappa shape index (κ2) is 5.36. The molecule has 0 saturated carbocycles. The van der Waals surface area contributed by atoms with Crippen molar-refractivity contribution in [2.75, 3.05) is 11.1 Å². The van der Waals surface area contributed by atoms with Crippen molar-refractivity contribution in [1.82, 2.24) is 4.98 Å². The van der Waals surface area contributed by atoms with E-state index in [1.165, 1.54) is 18.2 Å². The molecule has 1 aromatic carbocycles. The van der Waals surface area contributed by atoms with Gasteiger partial charge in [-0.1, -0.05) is 0 Å². The number of aryl methyl sites for hydroxylation is 1. The van der Waals surface area contributed by atoms with E-state index in [-0.39, 0.29) is 11.7 Å². The van der Waals surface area contributed by atoms with Crippen molar-refractivity contribution in [1.29, 1.82) is 0 Å². The first kappa shape index (κ1) is 13.5. The fourth-order valence-corrected chi connectivity index (χ4v) is 1.85. The Hall–Kier alpha value is -1.95. The number of nitrogens with one attached hydrogen (secondary N) is 1. The van der Waals surface area contributed by atoms with Gasteiger partial charge in [-0.05, 0) is 53.2 Å². The number of anilines is 2. The van der Waals surface area contributed by atoms with E-state index in [9.17, 15) is 9.18 Å². The lowest BCUT2D eigenvalue weighted by atomic mass is 10.2. The Kier molecular flexibility index (Phi) is 3.80. The molecule has 6 heteroatoms. The third-order valence-electron chi connectivity index (χ3n) is 2.41. The fourth-order valence-electron chi connectivity index (χ4n) is 1.60. The minimum atomic E-state index is -0.441. The van der Waals surface area contributed by atoms with Gasteiger partial charge in [0.1, 0.15) is 11.6 Å². The summed E-state index contributed by atoms with van der Waals surface area (Å²) >= 11 is 3.05. The van der Waals surface area contributed by atoms with Crippen molar-refractivity contribution in [2.45, 2.75) is 6.92 Å².